The molecule has 0 aromatic heterocycles. The van der Waals surface area contributed by atoms with Crippen LogP contribution in [0.15, 0.2) is 0 Å². The first-order chi connectivity index (χ1) is 10.7. The summed E-state index contributed by atoms with van der Waals surface area (Å²) < 4.78 is 0. The molecule has 0 radical (unpaired) electrons. The molecule has 23 heavy (non-hydrogen) atoms. The first-order valence-electron chi connectivity index (χ1n) is 10.2. The summed E-state index contributed by atoms with van der Waals surface area (Å²) in [5.74, 6) is 2.39. The first-order valence-corrected chi connectivity index (χ1v) is 10.2. The maximum atomic E-state index is 2.62. The quantitative estimate of drug-likeness (QED) is 0.483. The van der Waals surface area contributed by atoms with Gasteiger partial charge in [-0.15, -0.1) is 0 Å². The van der Waals surface area contributed by atoms with E-state index >= 15 is 0 Å². The van der Waals surface area contributed by atoms with Crippen molar-refractivity contribution >= 4 is 0 Å². The largest absolute Gasteiger partial charge is 0.302 e. The fourth-order valence-electron chi connectivity index (χ4n) is 2.30. The summed E-state index contributed by atoms with van der Waals surface area (Å²) in [5.41, 5.74) is 0. The predicted octanol–water partition coefficient (Wildman–Crippen LogP) is 6.02. The van der Waals surface area contributed by atoms with Crippen molar-refractivity contribution in [2.45, 2.75) is 82.6 Å². The van der Waals surface area contributed by atoms with Gasteiger partial charge >= 0.3 is 0 Å². The van der Waals surface area contributed by atoms with Gasteiger partial charge in [0.25, 0.3) is 0 Å². The summed E-state index contributed by atoms with van der Waals surface area (Å²) in [4.78, 5) is 5.20. The first kappa shape index (κ1) is 27.8. The highest BCUT2D eigenvalue weighted by Gasteiger charge is 2.09. The molecular formula is C21H50N2. The second kappa shape index (κ2) is 20.0. The van der Waals surface area contributed by atoms with E-state index in [4.69, 9.17) is 0 Å². The number of rotatable bonds is 10. The maximum absolute atomic E-state index is 2.62. The zero-order chi connectivity index (χ0) is 18.8. The monoisotopic (exact) mass is 330 g/mol. The van der Waals surface area contributed by atoms with Crippen LogP contribution in [0.4, 0.5) is 0 Å². The van der Waals surface area contributed by atoms with Gasteiger partial charge in [0.2, 0.25) is 0 Å². The van der Waals surface area contributed by atoms with Crippen molar-refractivity contribution < 1.29 is 0 Å². The van der Waals surface area contributed by atoms with E-state index in [1.54, 1.807) is 0 Å². The Kier molecular flexibility index (Phi) is 24.1. The van der Waals surface area contributed by atoms with Crippen molar-refractivity contribution in [3.05, 3.63) is 0 Å². The van der Waals surface area contributed by atoms with Crippen LogP contribution in [0.25, 0.3) is 0 Å². The van der Waals surface area contributed by atoms with E-state index in [-0.39, 0.29) is 0 Å². The number of hydrogen-bond donors (Lipinski definition) is 0. The third-order valence-electron chi connectivity index (χ3n) is 2.97. The smallest absolute Gasteiger partial charge is 0.0109 e. The Morgan fingerprint density at radius 3 is 1.26 bits per heavy atom. The van der Waals surface area contributed by atoms with Crippen molar-refractivity contribution in [2.24, 2.45) is 17.8 Å². The van der Waals surface area contributed by atoms with Gasteiger partial charge in [0.05, 0.1) is 0 Å². The van der Waals surface area contributed by atoms with Crippen LogP contribution < -0.4 is 0 Å². The van der Waals surface area contributed by atoms with E-state index in [0.29, 0.717) is 0 Å². The fraction of sp³-hybridized carbons (Fsp3) is 1.00. The standard InChI is InChI=1S/C15H34N2.C4H10.C2H6/c1-7-9-17(13-15(5)6)11-10-16(8-2)12-14(3)4;1-4(2)3;1-2/h14-15H,7-13H2,1-6H3;4H,1-3H3;1-2H3. The minimum Gasteiger partial charge on any atom is -0.302 e. The van der Waals surface area contributed by atoms with Gasteiger partial charge in [0.1, 0.15) is 0 Å². The van der Waals surface area contributed by atoms with Crippen LogP contribution in [0.3, 0.4) is 0 Å². The molecule has 0 aliphatic carbocycles. The minimum absolute atomic E-state index is 0.777. The molecule has 2 nitrogen and oxygen atoms in total. The van der Waals surface area contributed by atoms with Crippen LogP contribution in [-0.2, 0) is 0 Å². The van der Waals surface area contributed by atoms with E-state index < -0.39 is 0 Å². The van der Waals surface area contributed by atoms with Crippen molar-refractivity contribution in [3.63, 3.8) is 0 Å². The van der Waals surface area contributed by atoms with E-state index in [9.17, 15) is 0 Å². The van der Waals surface area contributed by atoms with Crippen LogP contribution >= 0.6 is 0 Å². The van der Waals surface area contributed by atoms with Crippen molar-refractivity contribution in [2.75, 3.05) is 39.3 Å². The van der Waals surface area contributed by atoms with Gasteiger partial charge < -0.3 is 9.80 Å². The lowest BCUT2D eigenvalue weighted by Gasteiger charge is -2.28. The second-order valence-corrected chi connectivity index (χ2v) is 7.71. The van der Waals surface area contributed by atoms with Gasteiger partial charge in [-0.25, -0.2) is 0 Å². The highest BCUT2D eigenvalue weighted by Crippen LogP contribution is 2.02. The molecule has 0 aromatic carbocycles. The molecule has 0 amide bonds. The van der Waals surface area contributed by atoms with Crippen LogP contribution in [0.2, 0.25) is 0 Å². The molecule has 0 saturated carbocycles. The van der Waals surface area contributed by atoms with Gasteiger partial charge in [0, 0.05) is 26.2 Å². The summed E-state index contributed by atoms with van der Waals surface area (Å²) in [6, 6.07) is 0. The number of nitrogens with zero attached hydrogens (tertiary/aromatic N) is 2. The summed E-state index contributed by atoms with van der Waals surface area (Å²) in [7, 11) is 0. The average molecular weight is 331 g/mol. The topological polar surface area (TPSA) is 6.48 Å². The molecule has 0 saturated heterocycles. The molecule has 0 fully saturated rings. The zero-order valence-corrected chi connectivity index (χ0v) is 18.6. The van der Waals surface area contributed by atoms with Gasteiger partial charge in [0.15, 0.2) is 0 Å². The summed E-state index contributed by atoms with van der Waals surface area (Å²) in [5, 5.41) is 0. The van der Waals surface area contributed by atoms with Crippen molar-refractivity contribution in [1.29, 1.82) is 0 Å². The molecule has 0 heterocycles. The Morgan fingerprint density at radius 2 is 0.957 bits per heavy atom. The van der Waals surface area contributed by atoms with Crippen LogP contribution in [-0.4, -0.2) is 49.1 Å². The molecule has 144 valence electrons. The molecule has 0 aromatic rings. The maximum Gasteiger partial charge on any atom is 0.0109 e. The molecule has 2 heteroatoms. The Labute approximate surface area is 150 Å². The summed E-state index contributed by atoms with van der Waals surface area (Å²) in [6.45, 7) is 31.6. The number of likely N-dealkylation sites (N-methyl/N-ethyl adjacent to an activating group) is 1. The van der Waals surface area contributed by atoms with Gasteiger partial charge in [-0.2, -0.15) is 0 Å². The second-order valence-electron chi connectivity index (χ2n) is 7.71. The Bertz CT molecular complexity index is 197. The summed E-state index contributed by atoms with van der Waals surface area (Å²) in [6.07, 6.45) is 1.27. The lowest BCUT2D eigenvalue weighted by Crippen LogP contribution is -2.38. The van der Waals surface area contributed by atoms with Crippen LogP contribution in [0.1, 0.15) is 82.6 Å². The van der Waals surface area contributed by atoms with Crippen LogP contribution in [0.5, 0.6) is 0 Å². The third kappa shape index (κ3) is 27.1. The van der Waals surface area contributed by atoms with E-state index in [1.807, 2.05) is 13.8 Å². The van der Waals surface area contributed by atoms with Crippen LogP contribution in [0, 0.1) is 17.8 Å². The Balaban J connectivity index is -0.000000574. The molecule has 0 atom stereocenters. The molecule has 0 aliphatic rings. The molecule has 0 N–H and O–H groups in total. The lowest BCUT2D eigenvalue weighted by molar-refractivity contribution is 0.184. The predicted molar refractivity (Wildman–Crippen MR) is 110 cm³/mol. The van der Waals surface area contributed by atoms with Gasteiger partial charge in [-0.1, -0.05) is 76.2 Å². The zero-order valence-electron chi connectivity index (χ0n) is 18.6. The fourth-order valence-corrected chi connectivity index (χ4v) is 2.30. The van der Waals surface area contributed by atoms with Gasteiger partial charge in [-0.05, 0) is 37.3 Å². The average Bonchev–Trinajstić information content (AvgIpc) is 2.44. The van der Waals surface area contributed by atoms with E-state index in [1.165, 1.54) is 45.7 Å². The Hall–Kier alpha value is -0.0800. The SMILES string of the molecule is CC.CC(C)C.CCCN(CCN(CC)CC(C)C)CC(C)C. The number of hydrogen-bond acceptors (Lipinski definition) is 2. The third-order valence-corrected chi connectivity index (χ3v) is 2.97. The molecule has 0 unspecified atom stereocenters. The molecule has 0 aliphatic heterocycles. The Morgan fingerprint density at radius 1 is 0.609 bits per heavy atom. The van der Waals surface area contributed by atoms with E-state index in [0.717, 1.165) is 17.8 Å². The van der Waals surface area contributed by atoms with Crippen molar-refractivity contribution in [3.8, 4) is 0 Å². The molecule has 0 rings (SSSR count). The normalized spacial score (nSPS) is 11.0. The molecular weight excluding hydrogens is 280 g/mol. The highest BCUT2D eigenvalue weighted by molar-refractivity contribution is 4.65. The minimum atomic E-state index is 0.777. The van der Waals surface area contributed by atoms with E-state index in [2.05, 4.69) is 72.1 Å². The highest BCUT2D eigenvalue weighted by atomic mass is 15.2. The lowest BCUT2D eigenvalue weighted by atomic mass is 10.2. The summed E-state index contributed by atoms with van der Waals surface area (Å²) >= 11 is 0. The molecule has 0 bridgehead atoms. The molecule has 0 spiro atoms. The van der Waals surface area contributed by atoms with Crippen molar-refractivity contribution in [1.82, 2.24) is 9.80 Å². The van der Waals surface area contributed by atoms with Gasteiger partial charge in [-0.3, -0.25) is 0 Å².